The summed E-state index contributed by atoms with van der Waals surface area (Å²) in [7, 11) is 1.95. The van der Waals surface area contributed by atoms with E-state index >= 15 is 0 Å². The van der Waals surface area contributed by atoms with Gasteiger partial charge in [0.05, 0.1) is 28.6 Å². The second-order valence-electron chi connectivity index (χ2n) is 4.03. The van der Waals surface area contributed by atoms with Crippen molar-refractivity contribution >= 4 is 15.9 Å². The highest BCUT2D eigenvalue weighted by atomic mass is 79.9. The summed E-state index contributed by atoms with van der Waals surface area (Å²) in [6, 6.07) is 0. The number of aryl methyl sites for hydroxylation is 2. The molecule has 0 aliphatic heterocycles. The van der Waals surface area contributed by atoms with E-state index in [-0.39, 0.29) is 6.10 Å². The maximum Gasteiger partial charge on any atom is 0.0739 e. The molecule has 0 bridgehead atoms. The Morgan fingerprint density at radius 3 is 2.88 bits per heavy atom. The molecule has 0 aliphatic carbocycles. The number of hydrogen-bond donors (Lipinski definition) is 1. The number of rotatable bonds is 7. The fourth-order valence-electron chi connectivity index (χ4n) is 1.56. The third-order valence-corrected chi connectivity index (χ3v) is 3.52. The smallest absolute Gasteiger partial charge is 0.0739 e. The first-order valence-corrected chi connectivity index (χ1v) is 6.46. The van der Waals surface area contributed by atoms with Gasteiger partial charge in [0, 0.05) is 20.1 Å². The van der Waals surface area contributed by atoms with E-state index in [0.29, 0.717) is 6.61 Å². The Labute approximate surface area is 111 Å². The molecule has 0 spiro atoms. The van der Waals surface area contributed by atoms with Gasteiger partial charge in [0.25, 0.3) is 0 Å². The minimum Gasteiger partial charge on any atom is -0.373 e. The molecular weight excluding hydrogens is 282 g/mol. The van der Waals surface area contributed by atoms with E-state index in [0.717, 1.165) is 29.0 Å². The monoisotopic (exact) mass is 301 g/mol. The van der Waals surface area contributed by atoms with Crippen molar-refractivity contribution in [2.45, 2.75) is 26.5 Å². The summed E-state index contributed by atoms with van der Waals surface area (Å²) in [5, 5.41) is 7.70. The van der Waals surface area contributed by atoms with Crippen LogP contribution in [-0.2, 0) is 18.3 Å². The molecule has 1 N–H and O–H groups in total. The molecule has 1 aromatic heterocycles. The lowest BCUT2D eigenvalue weighted by Crippen LogP contribution is -2.27. The highest BCUT2D eigenvalue weighted by molar-refractivity contribution is 9.10. The molecule has 1 rings (SSSR count). The molecule has 4 nitrogen and oxygen atoms in total. The number of aromatic nitrogens is 2. The lowest BCUT2D eigenvalue weighted by Gasteiger charge is -2.12. The van der Waals surface area contributed by atoms with E-state index in [4.69, 9.17) is 4.74 Å². The third kappa shape index (κ3) is 4.26. The number of hydrogen-bond acceptors (Lipinski definition) is 3. The molecule has 0 aliphatic rings. The van der Waals surface area contributed by atoms with Gasteiger partial charge in [-0.2, -0.15) is 5.10 Å². The number of halogens is 1. The van der Waals surface area contributed by atoms with Crippen molar-refractivity contribution < 1.29 is 4.74 Å². The molecule has 0 saturated carbocycles. The second-order valence-corrected chi connectivity index (χ2v) is 4.83. The Morgan fingerprint density at radius 2 is 2.35 bits per heavy atom. The Balaban J connectivity index is 2.38. The van der Waals surface area contributed by atoms with Crippen molar-refractivity contribution in [1.29, 1.82) is 0 Å². The summed E-state index contributed by atoms with van der Waals surface area (Å²) in [4.78, 5) is 0. The van der Waals surface area contributed by atoms with E-state index in [1.807, 2.05) is 25.6 Å². The van der Waals surface area contributed by atoms with Crippen molar-refractivity contribution in [3.63, 3.8) is 0 Å². The van der Waals surface area contributed by atoms with Gasteiger partial charge in [-0.1, -0.05) is 6.08 Å². The highest BCUT2D eigenvalue weighted by Crippen LogP contribution is 2.19. The van der Waals surface area contributed by atoms with Crippen molar-refractivity contribution in [2.24, 2.45) is 7.05 Å². The Kier molecular flexibility index (Phi) is 5.88. The molecule has 5 heteroatoms. The summed E-state index contributed by atoms with van der Waals surface area (Å²) in [5.74, 6) is 0. The van der Waals surface area contributed by atoms with Crippen molar-refractivity contribution in [3.05, 3.63) is 28.5 Å². The number of nitrogens with one attached hydrogen (secondary N) is 1. The maximum absolute atomic E-state index is 5.48. The van der Waals surface area contributed by atoms with Gasteiger partial charge >= 0.3 is 0 Å². The minimum absolute atomic E-state index is 0.182. The van der Waals surface area contributed by atoms with Gasteiger partial charge in [-0.25, -0.2) is 0 Å². The SMILES string of the molecule is C=CCOC(C)CNCc1c(Br)c(C)nn1C. The molecule has 96 valence electrons. The first kappa shape index (κ1) is 14.4. The Bertz CT molecular complexity index is 376. The van der Waals surface area contributed by atoms with Crippen LogP contribution in [0.1, 0.15) is 18.3 Å². The maximum atomic E-state index is 5.48. The molecule has 0 amide bonds. The Hall–Kier alpha value is -0.650. The number of nitrogens with zero attached hydrogens (tertiary/aromatic N) is 2. The standard InChI is InChI=1S/C12H20BrN3O/c1-5-6-17-9(2)7-14-8-11-12(13)10(3)15-16(11)4/h5,9,14H,1,6-8H2,2-4H3. The van der Waals surface area contributed by atoms with E-state index < -0.39 is 0 Å². The van der Waals surface area contributed by atoms with Gasteiger partial charge in [0.15, 0.2) is 0 Å². The summed E-state index contributed by atoms with van der Waals surface area (Å²) in [5.41, 5.74) is 2.17. The van der Waals surface area contributed by atoms with Crippen LogP contribution in [0.3, 0.4) is 0 Å². The van der Waals surface area contributed by atoms with Crippen LogP contribution < -0.4 is 5.32 Å². The highest BCUT2D eigenvalue weighted by Gasteiger charge is 2.10. The van der Waals surface area contributed by atoms with Gasteiger partial charge in [-0.3, -0.25) is 4.68 Å². The molecule has 0 radical (unpaired) electrons. The predicted octanol–water partition coefficient (Wildman–Crippen LogP) is 2.17. The van der Waals surface area contributed by atoms with Crippen LogP contribution in [0, 0.1) is 6.92 Å². The van der Waals surface area contributed by atoms with E-state index in [9.17, 15) is 0 Å². The summed E-state index contributed by atoms with van der Waals surface area (Å²) in [6.07, 6.45) is 1.94. The fourth-order valence-corrected chi connectivity index (χ4v) is 2.03. The van der Waals surface area contributed by atoms with Crippen molar-refractivity contribution in [3.8, 4) is 0 Å². The zero-order valence-electron chi connectivity index (χ0n) is 10.7. The molecule has 1 atom stereocenters. The fraction of sp³-hybridized carbons (Fsp3) is 0.583. The average molecular weight is 302 g/mol. The van der Waals surface area contributed by atoms with Gasteiger partial charge in [0.2, 0.25) is 0 Å². The van der Waals surface area contributed by atoms with Gasteiger partial charge in [-0.05, 0) is 29.8 Å². The first-order chi connectivity index (χ1) is 8.06. The lowest BCUT2D eigenvalue weighted by atomic mass is 10.3. The summed E-state index contributed by atoms with van der Waals surface area (Å²) < 4.78 is 8.45. The quantitative estimate of drug-likeness (QED) is 0.785. The van der Waals surface area contributed by atoms with Gasteiger partial charge < -0.3 is 10.1 Å². The van der Waals surface area contributed by atoms with Gasteiger partial charge in [0.1, 0.15) is 0 Å². The largest absolute Gasteiger partial charge is 0.373 e. The molecular formula is C12H20BrN3O. The normalized spacial score (nSPS) is 12.7. The molecule has 1 aromatic rings. The molecule has 1 unspecified atom stereocenters. The zero-order chi connectivity index (χ0) is 12.8. The van der Waals surface area contributed by atoms with Crippen molar-refractivity contribution in [1.82, 2.24) is 15.1 Å². The van der Waals surface area contributed by atoms with Crippen LogP contribution in [0.15, 0.2) is 17.1 Å². The van der Waals surface area contributed by atoms with Crippen LogP contribution in [-0.4, -0.2) is 29.0 Å². The van der Waals surface area contributed by atoms with Crippen molar-refractivity contribution in [2.75, 3.05) is 13.2 Å². The molecule has 0 aromatic carbocycles. The van der Waals surface area contributed by atoms with Crippen LogP contribution in [0.25, 0.3) is 0 Å². The van der Waals surface area contributed by atoms with Crippen LogP contribution in [0.5, 0.6) is 0 Å². The zero-order valence-corrected chi connectivity index (χ0v) is 12.2. The third-order valence-electron chi connectivity index (χ3n) is 2.48. The second kappa shape index (κ2) is 6.93. The van der Waals surface area contributed by atoms with Crippen LogP contribution >= 0.6 is 15.9 Å². The molecule has 1 heterocycles. The average Bonchev–Trinajstić information content (AvgIpc) is 2.53. The van der Waals surface area contributed by atoms with E-state index in [1.54, 1.807) is 6.08 Å². The van der Waals surface area contributed by atoms with E-state index in [2.05, 4.69) is 32.9 Å². The minimum atomic E-state index is 0.182. The van der Waals surface area contributed by atoms with Gasteiger partial charge in [-0.15, -0.1) is 6.58 Å². The molecule has 0 saturated heterocycles. The topological polar surface area (TPSA) is 39.1 Å². The van der Waals surface area contributed by atoms with E-state index in [1.165, 1.54) is 0 Å². The Morgan fingerprint density at radius 1 is 1.65 bits per heavy atom. The van der Waals surface area contributed by atoms with Crippen LogP contribution in [0.4, 0.5) is 0 Å². The molecule has 0 fully saturated rings. The predicted molar refractivity (Wildman–Crippen MR) is 73.0 cm³/mol. The lowest BCUT2D eigenvalue weighted by molar-refractivity contribution is 0.0876. The summed E-state index contributed by atoms with van der Waals surface area (Å²) in [6.45, 7) is 9.84. The first-order valence-electron chi connectivity index (χ1n) is 5.67. The number of ether oxygens (including phenoxy) is 1. The molecule has 17 heavy (non-hydrogen) atoms. The van der Waals surface area contributed by atoms with Crippen LogP contribution in [0.2, 0.25) is 0 Å². The summed E-state index contributed by atoms with van der Waals surface area (Å²) >= 11 is 3.54.